The van der Waals surface area contributed by atoms with Crippen molar-refractivity contribution in [3.8, 4) is 5.75 Å². The maximum absolute atomic E-state index is 11.7. The van der Waals surface area contributed by atoms with Gasteiger partial charge in [-0.2, -0.15) is 0 Å². The van der Waals surface area contributed by atoms with Gasteiger partial charge in [0.15, 0.2) is 0 Å². The minimum Gasteiger partial charge on any atom is -0.495 e. The van der Waals surface area contributed by atoms with Gasteiger partial charge in [-0.15, -0.1) is 0 Å². The molecular weight excluding hydrogens is 276 g/mol. The van der Waals surface area contributed by atoms with Crippen molar-refractivity contribution >= 4 is 15.7 Å². The number of ether oxygens (including phenoxy) is 1. The van der Waals surface area contributed by atoms with Crippen molar-refractivity contribution in [1.29, 1.82) is 0 Å². The fraction of sp³-hybridized carbons (Fsp3) is 0.571. The van der Waals surface area contributed by atoms with Crippen molar-refractivity contribution < 1.29 is 13.2 Å². The highest BCUT2D eigenvalue weighted by atomic mass is 32.2. The van der Waals surface area contributed by atoms with Crippen molar-refractivity contribution in [2.24, 2.45) is 0 Å². The fourth-order valence-electron chi connectivity index (χ4n) is 2.52. The summed E-state index contributed by atoms with van der Waals surface area (Å²) in [5.74, 6) is 0.949. The molecule has 1 fully saturated rings. The Morgan fingerprint density at radius 2 is 2.15 bits per heavy atom. The van der Waals surface area contributed by atoms with Gasteiger partial charge >= 0.3 is 0 Å². The second kappa shape index (κ2) is 6.45. The zero-order valence-corrected chi connectivity index (χ0v) is 12.8. The minimum atomic E-state index is -3.15. The Morgan fingerprint density at radius 1 is 1.40 bits per heavy atom. The van der Waals surface area contributed by atoms with E-state index in [2.05, 4.69) is 9.62 Å². The summed E-state index contributed by atoms with van der Waals surface area (Å²) in [5, 5.41) is 0. The summed E-state index contributed by atoms with van der Waals surface area (Å²) >= 11 is 0. The van der Waals surface area contributed by atoms with Crippen LogP contribution < -0.4 is 14.4 Å². The molecule has 0 spiro atoms. The molecule has 1 atom stereocenters. The lowest BCUT2D eigenvalue weighted by atomic mass is 10.1. The number of benzene rings is 1. The highest BCUT2D eigenvalue weighted by Crippen LogP contribution is 2.29. The normalized spacial score (nSPS) is 19.9. The number of rotatable bonds is 5. The van der Waals surface area contributed by atoms with Gasteiger partial charge < -0.3 is 9.64 Å². The van der Waals surface area contributed by atoms with E-state index >= 15 is 0 Å². The Bertz CT molecular complexity index is 545. The smallest absolute Gasteiger partial charge is 0.211 e. The van der Waals surface area contributed by atoms with Gasteiger partial charge in [0.05, 0.1) is 18.6 Å². The van der Waals surface area contributed by atoms with Crippen LogP contribution in [-0.4, -0.2) is 40.4 Å². The summed E-state index contributed by atoms with van der Waals surface area (Å²) in [6.45, 7) is 3.26. The topological polar surface area (TPSA) is 58.6 Å². The van der Waals surface area contributed by atoms with Crippen molar-refractivity contribution in [2.75, 3.05) is 30.9 Å². The Morgan fingerprint density at radius 3 is 2.85 bits per heavy atom. The monoisotopic (exact) mass is 298 g/mol. The Labute approximate surface area is 121 Å². The second-order valence-electron chi connectivity index (χ2n) is 4.98. The van der Waals surface area contributed by atoms with Gasteiger partial charge in [0.25, 0.3) is 0 Å². The van der Waals surface area contributed by atoms with Gasteiger partial charge in [-0.05, 0) is 31.9 Å². The second-order valence-corrected chi connectivity index (χ2v) is 7.02. The summed E-state index contributed by atoms with van der Waals surface area (Å²) in [7, 11) is -1.50. The largest absolute Gasteiger partial charge is 0.495 e. The molecule has 0 unspecified atom stereocenters. The number of anilines is 1. The molecule has 1 heterocycles. The van der Waals surface area contributed by atoms with Gasteiger partial charge in [-0.1, -0.05) is 12.1 Å². The first-order valence-corrected chi connectivity index (χ1v) is 8.59. The number of hydrogen-bond donors (Lipinski definition) is 1. The van der Waals surface area contributed by atoms with Crippen LogP contribution in [0.3, 0.4) is 0 Å². The minimum absolute atomic E-state index is 0.0291. The summed E-state index contributed by atoms with van der Waals surface area (Å²) < 4.78 is 31.5. The van der Waals surface area contributed by atoms with Crippen LogP contribution in [0.15, 0.2) is 24.3 Å². The van der Waals surface area contributed by atoms with Gasteiger partial charge in [-0.25, -0.2) is 13.1 Å². The zero-order chi connectivity index (χ0) is 14.6. The maximum atomic E-state index is 11.7. The van der Waals surface area contributed by atoms with Crippen molar-refractivity contribution in [3.63, 3.8) is 0 Å². The molecule has 20 heavy (non-hydrogen) atoms. The molecule has 1 aliphatic rings. The molecule has 2 rings (SSSR count). The molecule has 6 heteroatoms. The zero-order valence-electron chi connectivity index (χ0n) is 12.0. The summed E-state index contributed by atoms with van der Waals surface area (Å²) in [4.78, 5) is 2.19. The van der Waals surface area contributed by atoms with E-state index in [1.54, 1.807) is 14.0 Å². The molecule has 1 aromatic carbocycles. The fourth-order valence-corrected chi connectivity index (χ4v) is 3.39. The van der Waals surface area contributed by atoms with E-state index in [0.29, 0.717) is 6.54 Å². The van der Waals surface area contributed by atoms with E-state index in [-0.39, 0.29) is 11.8 Å². The van der Waals surface area contributed by atoms with Crippen LogP contribution in [-0.2, 0) is 10.0 Å². The van der Waals surface area contributed by atoms with Crippen LogP contribution in [0.1, 0.15) is 19.8 Å². The van der Waals surface area contributed by atoms with E-state index in [1.165, 1.54) is 0 Å². The van der Waals surface area contributed by atoms with Crippen LogP contribution >= 0.6 is 0 Å². The molecule has 0 radical (unpaired) electrons. The average Bonchev–Trinajstić information content (AvgIpc) is 2.47. The number of nitrogens with one attached hydrogen (secondary N) is 1. The lowest BCUT2D eigenvalue weighted by Crippen LogP contribution is -2.48. The van der Waals surface area contributed by atoms with Crippen LogP contribution in [0, 0.1) is 0 Å². The molecule has 1 aromatic rings. The first kappa shape index (κ1) is 15.1. The Balaban J connectivity index is 2.11. The lowest BCUT2D eigenvalue weighted by molar-refractivity contribution is 0.409. The lowest BCUT2D eigenvalue weighted by Gasteiger charge is -2.35. The molecule has 1 saturated heterocycles. The Hall–Kier alpha value is -1.27. The van der Waals surface area contributed by atoms with Crippen LogP contribution in [0.4, 0.5) is 5.69 Å². The highest BCUT2D eigenvalue weighted by Gasteiger charge is 2.24. The predicted molar refractivity (Wildman–Crippen MR) is 80.8 cm³/mol. The first-order valence-electron chi connectivity index (χ1n) is 6.93. The van der Waals surface area contributed by atoms with Crippen LogP contribution in [0.2, 0.25) is 0 Å². The van der Waals surface area contributed by atoms with Gasteiger partial charge in [0.1, 0.15) is 5.75 Å². The van der Waals surface area contributed by atoms with E-state index in [0.717, 1.165) is 30.8 Å². The summed E-state index contributed by atoms with van der Waals surface area (Å²) in [6, 6.07) is 7.81. The molecule has 112 valence electrons. The van der Waals surface area contributed by atoms with Gasteiger partial charge in [0.2, 0.25) is 10.0 Å². The number of sulfonamides is 1. The van der Waals surface area contributed by atoms with Crippen LogP contribution in [0.5, 0.6) is 5.75 Å². The molecule has 5 nitrogen and oxygen atoms in total. The highest BCUT2D eigenvalue weighted by molar-refractivity contribution is 7.89. The van der Waals surface area contributed by atoms with E-state index < -0.39 is 10.0 Å². The van der Waals surface area contributed by atoms with Gasteiger partial charge in [0, 0.05) is 19.1 Å². The molecule has 1 aliphatic heterocycles. The van der Waals surface area contributed by atoms with Crippen molar-refractivity contribution in [2.45, 2.75) is 25.8 Å². The molecule has 1 N–H and O–H groups in total. The quantitative estimate of drug-likeness (QED) is 0.897. The number of methoxy groups -OCH3 is 1. The maximum Gasteiger partial charge on any atom is 0.211 e. The third kappa shape index (κ3) is 3.64. The third-order valence-electron chi connectivity index (χ3n) is 3.57. The van der Waals surface area contributed by atoms with Crippen molar-refractivity contribution in [3.05, 3.63) is 24.3 Å². The standard InChI is InChI=1S/C14H22N2O3S/c1-3-20(17,18)15-12-7-6-10-16(11-12)13-8-4-5-9-14(13)19-2/h4-5,8-9,12,15H,3,6-7,10-11H2,1-2H3/t12-/m1/s1. The average molecular weight is 298 g/mol. The first-order chi connectivity index (χ1) is 9.55. The molecular formula is C14H22N2O3S. The van der Waals surface area contributed by atoms with E-state index in [1.807, 2.05) is 24.3 Å². The van der Waals surface area contributed by atoms with E-state index in [9.17, 15) is 8.42 Å². The number of nitrogens with zero attached hydrogens (tertiary/aromatic N) is 1. The number of para-hydroxylation sites is 2. The molecule has 0 bridgehead atoms. The summed E-state index contributed by atoms with van der Waals surface area (Å²) in [6.07, 6.45) is 1.85. The molecule has 0 aromatic heterocycles. The molecule has 0 amide bonds. The predicted octanol–water partition coefficient (Wildman–Crippen LogP) is 1.60. The van der Waals surface area contributed by atoms with Gasteiger partial charge in [-0.3, -0.25) is 0 Å². The Kier molecular flexibility index (Phi) is 4.88. The number of piperidine rings is 1. The molecule has 0 aliphatic carbocycles. The number of hydrogen-bond acceptors (Lipinski definition) is 4. The van der Waals surface area contributed by atoms with Crippen LogP contribution in [0.25, 0.3) is 0 Å². The molecule has 0 saturated carbocycles. The van der Waals surface area contributed by atoms with Crippen molar-refractivity contribution in [1.82, 2.24) is 4.72 Å². The summed E-state index contributed by atoms with van der Waals surface area (Å²) in [5.41, 5.74) is 1.02. The third-order valence-corrected chi connectivity index (χ3v) is 5.03. The SMILES string of the molecule is CCS(=O)(=O)N[C@@H]1CCCN(c2ccccc2OC)C1. The van der Waals surface area contributed by atoms with E-state index in [4.69, 9.17) is 4.74 Å².